The first kappa shape index (κ1) is 13.6. The van der Waals surface area contributed by atoms with Crippen LogP contribution < -0.4 is 5.73 Å². The third kappa shape index (κ3) is 2.26. The Labute approximate surface area is 123 Å². The zero-order valence-corrected chi connectivity index (χ0v) is 12.6. The predicted octanol–water partition coefficient (Wildman–Crippen LogP) is 2.40. The van der Waals surface area contributed by atoms with E-state index in [0.29, 0.717) is 12.4 Å². The second-order valence-electron chi connectivity index (χ2n) is 5.45. The summed E-state index contributed by atoms with van der Waals surface area (Å²) in [6, 6.07) is 8.26. The van der Waals surface area contributed by atoms with Gasteiger partial charge in [0.2, 0.25) is 0 Å². The average Bonchev–Trinajstić information content (AvgIpc) is 3.01. The molecular weight excluding hydrogens is 264 g/mol. The number of fused-ring (bicyclic) bond motifs is 1. The van der Waals surface area contributed by atoms with E-state index in [-0.39, 0.29) is 5.92 Å². The topological polar surface area (TPSA) is 74.5 Å². The Balaban J connectivity index is 2.07. The lowest BCUT2D eigenvalue weighted by Gasteiger charge is -2.08. The van der Waals surface area contributed by atoms with Gasteiger partial charge in [-0.3, -0.25) is 4.68 Å². The van der Waals surface area contributed by atoms with Crippen molar-refractivity contribution in [3.05, 3.63) is 35.7 Å². The lowest BCUT2D eigenvalue weighted by molar-refractivity contribution is 0.577. The number of rotatable bonds is 4. The van der Waals surface area contributed by atoms with Crippen molar-refractivity contribution in [2.75, 3.05) is 5.73 Å². The Hall–Kier alpha value is -2.37. The minimum absolute atomic E-state index is 0.277. The Morgan fingerprint density at radius 1 is 1.19 bits per heavy atom. The molecule has 2 N–H and O–H groups in total. The second kappa shape index (κ2) is 5.20. The third-order valence-electron chi connectivity index (χ3n) is 3.68. The molecule has 0 unspecified atom stereocenters. The molecule has 6 heteroatoms. The van der Waals surface area contributed by atoms with E-state index in [4.69, 9.17) is 10.8 Å². The van der Waals surface area contributed by atoms with Crippen LogP contribution in [0.5, 0.6) is 0 Å². The van der Waals surface area contributed by atoms with Gasteiger partial charge in [-0.1, -0.05) is 37.3 Å². The van der Waals surface area contributed by atoms with Gasteiger partial charge < -0.3 is 5.73 Å². The van der Waals surface area contributed by atoms with Crippen LogP contribution in [0.4, 0.5) is 5.82 Å². The Kier molecular flexibility index (Phi) is 3.37. The third-order valence-corrected chi connectivity index (χ3v) is 3.68. The fraction of sp³-hybridized carbons (Fsp3) is 0.400. The Morgan fingerprint density at radius 2 is 1.95 bits per heavy atom. The predicted molar refractivity (Wildman–Crippen MR) is 83.0 cm³/mol. The summed E-state index contributed by atoms with van der Waals surface area (Å²) >= 11 is 0. The summed E-state index contributed by atoms with van der Waals surface area (Å²) in [5, 5.41) is 14.0. The molecule has 1 aromatic carbocycles. The summed E-state index contributed by atoms with van der Waals surface area (Å²) in [6.07, 6.45) is 0. The molecule has 2 aromatic heterocycles. The van der Waals surface area contributed by atoms with E-state index in [0.717, 1.165) is 28.8 Å². The second-order valence-corrected chi connectivity index (χ2v) is 5.45. The van der Waals surface area contributed by atoms with E-state index in [1.54, 1.807) is 0 Å². The largest absolute Gasteiger partial charge is 0.381 e. The van der Waals surface area contributed by atoms with Gasteiger partial charge in [0.15, 0.2) is 5.82 Å². The van der Waals surface area contributed by atoms with Crippen molar-refractivity contribution in [2.24, 2.45) is 0 Å². The number of hydrogen-bond donors (Lipinski definition) is 1. The minimum atomic E-state index is 0.277. The van der Waals surface area contributed by atoms with E-state index in [9.17, 15) is 0 Å². The number of para-hydroxylation sites is 1. The van der Waals surface area contributed by atoms with E-state index < -0.39 is 0 Å². The van der Waals surface area contributed by atoms with Crippen molar-refractivity contribution in [1.29, 1.82) is 0 Å². The van der Waals surface area contributed by atoms with Gasteiger partial charge in [0.05, 0.1) is 23.4 Å². The van der Waals surface area contributed by atoms with Crippen molar-refractivity contribution in [2.45, 2.75) is 39.8 Å². The molecule has 0 atom stereocenters. The molecule has 21 heavy (non-hydrogen) atoms. The monoisotopic (exact) mass is 284 g/mol. The summed E-state index contributed by atoms with van der Waals surface area (Å²) in [6.45, 7) is 7.71. The van der Waals surface area contributed by atoms with Gasteiger partial charge in [-0.2, -0.15) is 5.10 Å². The average molecular weight is 284 g/mol. The first-order valence-corrected chi connectivity index (χ1v) is 7.25. The number of hydrogen-bond acceptors (Lipinski definition) is 4. The first-order chi connectivity index (χ1) is 10.1. The molecule has 0 aliphatic rings. The molecule has 110 valence electrons. The quantitative estimate of drug-likeness (QED) is 0.798. The van der Waals surface area contributed by atoms with Gasteiger partial charge in [-0.15, -0.1) is 5.10 Å². The molecule has 0 saturated carbocycles. The molecule has 6 nitrogen and oxygen atoms in total. The van der Waals surface area contributed by atoms with Gasteiger partial charge in [-0.25, -0.2) is 4.68 Å². The molecular formula is C15H20N6. The minimum Gasteiger partial charge on any atom is -0.381 e. The number of benzene rings is 1. The number of nitrogens with zero attached hydrogens (tertiary/aromatic N) is 5. The van der Waals surface area contributed by atoms with Crippen LogP contribution in [0.2, 0.25) is 0 Å². The van der Waals surface area contributed by atoms with Crippen LogP contribution in [0.25, 0.3) is 10.9 Å². The maximum atomic E-state index is 5.92. The first-order valence-electron chi connectivity index (χ1n) is 7.25. The highest BCUT2D eigenvalue weighted by Gasteiger charge is 2.17. The Morgan fingerprint density at radius 3 is 2.67 bits per heavy atom. The molecule has 2 heterocycles. The fourth-order valence-corrected chi connectivity index (χ4v) is 2.74. The van der Waals surface area contributed by atoms with Gasteiger partial charge >= 0.3 is 0 Å². The molecule has 3 aromatic rings. The lowest BCUT2D eigenvalue weighted by Crippen LogP contribution is -2.10. The molecule has 0 aliphatic heterocycles. The van der Waals surface area contributed by atoms with Crippen LogP contribution in [0, 0.1) is 0 Å². The van der Waals surface area contributed by atoms with Crippen molar-refractivity contribution in [3.63, 3.8) is 0 Å². The van der Waals surface area contributed by atoms with Gasteiger partial charge in [0.25, 0.3) is 0 Å². The van der Waals surface area contributed by atoms with Gasteiger partial charge in [-0.05, 0) is 18.9 Å². The van der Waals surface area contributed by atoms with E-state index in [1.165, 1.54) is 0 Å². The summed E-state index contributed by atoms with van der Waals surface area (Å²) in [4.78, 5) is 0. The van der Waals surface area contributed by atoms with E-state index in [2.05, 4.69) is 43.2 Å². The van der Waals surface area contributed by atoms with Gasteiger partial charge in [0.1, 0.15) is 0 Å². The zero-order valence-electron chi connectivity index (χ0n) is 12.6. The summed E-state index contributed by atoms with van der Waals surface area (Å²) in [7, 11) is 0. The van der Waals surface area contributed by atoms with Crippen LogP contribution in [-0.4, -0.2) is 24.8 Å². The molecule has 0 bridgehead atoms. The van der Waals surface area contributed by atoms with Crippen molar-refractivity contribution >= 4 is 16.7 Å². The molecule has 0 spiro atoms. The molecule has 0 radical (unpaired) electrons. The standard InChI is InChI=1S/C15H20N6/c1-4-20-13-8-6-5-7-11(13)12(18-20)9-21-14(10(2)3)15(16)17-19-21/h5-8,10H,4,9,16H2,1-3H3. The number of aryl methyl sites for hydroxylation is 1. The molecule has 0 aliphatic carbocycles. The van der Waals surface area contributed by atoms with Crippen LogP contribution in [0.3, 0.4) is 0 Å². The van der Waals surface area contributed by atoms with Crippen LogP contribution >= 0.6 is 0 Å². The maximum absolute atomic E-state index is 5.92. The number of nitrogens with two attached hydrogens (primary N) is 1. The van der Waals surface area contributed by atoms with Crippen LogP contribution in [0.1, 0.15) is 38.1 Å². The highest BCUT2D eigenvalue weighted by Crippen LogP contribution is 2.23. The van der Waals surface area contributed by atoms with Crippen molar-refractivity contribution < 1.29 is 0 Å². The number of nitrogen functional groups attached to an aromatic ring is 1. The van der Waals surface area contributed by atoms with Gasteiger partial charge in [0, 0.05) is 11.9 Å². The molecule has 3 rings (SSSR count). The number of anilines is 1. The fourth-order valence-electron chi connectivity index (χ4n) is 2.74. The lowest BCUT2D eigenvalue weighted by atomic mass is 10.1. The highest BCUT2D eigenvalue weighted by atomic mass is 15.4. The molecule has 0 saturated heterocycles. The zero-order chi connectivity index (χ0) is 15.0. The van der Waals surface area contributed by atoms with Crippen LogP contribution in [0.15, 0.2) is 24.3 Å². The summed E-state index contributed by atoms with van der Waals surface area (Å²) in [5.74, 6) is 0.781. The highest BCUT2D eigenvalue weighted by molar-refractivity contribution is 5.81. The van der Waals surface area contributed by atoms with E-state index >= 15 is 0 Å². The van der Waals surface area contributed by atoms with Crippen LogP contribution in [-0.2, 0) is 13.1 Å². The van der Waals surface area contributed by atoms with E-state index in [1.807, 2.05) is 21.5 Å². The summed E-state index contributed by atoms with van der Waals surface area (Å²) < 4.78 is 3.87. The Bertz CT molecular complexity index is 768. The maximum Gasteiger partial charge on any atom is 0.169 e. The number of aromatic nitrogens is 5. The van der Waals surface area contributed by atoms with Crippen molar-refractivity contribution in [3.8, 4) is 0 Å². The molecule has 0 fully saturated rings. The normalized spacial score (nSPS) is 11.6. The summed E-state index contributed by atoms with van der Waals surface area (Å²) in [5.41, 5.74) is 9.03. The smallest absolute Gasteiger partial charge is 0.169 e. The van der Waals surface area contributed by atoms with Crippen molar-refractivity contribution in [1.82, 2.24) is 24.8 Å². The SMILES string of the molecule is CCn1nc(Cn2nnc(N)c2C(C)C)c2ccccc21. The molecule has 0 amide bonds.